The Morgan fingerprint density at radius 2 is 2.21 bits per heavy atom. The molecule has 1 saturated heterocycles. The molecule has 0 radical (unpaired) electrons. The second kappa shape index (κ2) is 7.53. The van der Waals surface area contributed by atoms with Gasteiger partial charge in [-0.15, -0.1) is 0 Å². The number of hydrogen-bond donors (Lipinski definition) is 2. The number of aliphatic hydroxyl groups is 1. The monoisotopic (exact) mass is 331 g/mol. The summed E-state index contributed by atoms with van der Waals surface area (Å²) in [5.41, 5.74) is 0. The lowest BCUT2D eigenvalue weighted by Gasteiger charge is -2.34. The third-order valence-electron chi connectivity index (χ3n) is 4.63. The van der Waals surface area contributed by atoms with Gasteiger partial charge in [0, 0.05) is 63.9 Å². The molecule has 0 aromatic carbocycles. The number of hydrogen-bond acceptors (Lipinski definition) is 3. The Bertz CT molecular complexity index is 652. The van der Waals surface area contributed by atoms with Crippen molar-refractivity contribution in [2.24, 2.45) is 13.0 Å². The molecule has 7 nitrogen and oxygen atoms in total. The number of carbonyl (C=O) groups excluding carboxylic acids is 1. The maximum Gasteiger partial charge on any atom is 0.317 e. The average Bonchev–Trinajstić information content (AvgIpc) is 3.26. The number of urea groups is 1. The summed E-state index contributed by atoms with van der Waals surface area (Å²) in [6, 6.07) is 3.88. The van der Waals surface area contributed by atoms with Gasteiger partial charge in [0.1, 0.15) is 11.9 Å². The van der Waals surface area contributed by atoms with E-state index >= 15 is 0 Å². The van der Waals surface area contributed by atoms with Crippen LogP contribution in [-0.2, 0) is 13.6 Å². The van der Waals surface area contributed by atoms with Crippen LogP contribution in [0.5, 0.6) is 0 Å². The summed E-state index contributed by atoms with van der Waals surface area (Å²) in [5.74, 6) is 0.685. The van der Waals surface area contributed by atoms with Crippen molar-refractivity contribution < 1.29 is 9.90 Å². The minimum Gasteiger partial charge on any atom is -0.385 e. The fraction of sp³-hybridized carbons (Fsp3) is 0.529. The largest absolute Gasteiger partial charge is 0.385 e. The number of aryl methyl sites for hydroxylation is 1. The first-order valence-electron chi connectivity index (χ1n) is 8.44. The van der Waals surface area contributed by atoms with Gasteiger partial charge in [-0.1, -0.05) is 0 Å². The minimum atomic E-state index is -0.638. The van der Waals surface area contributed by atoms with E-state index in [9.17, 15) is 9.90 Å². The lowest BCUT2D eigenvalue weighted by molar-refractivity contribution is 0.0532. The maximum atomic E-state index is 12.4. The van der Waals surface area contributed by atoms with E-state index in [1.807, 2.05) is 46.9 Å². The molecule has 2 amide bonds. The number of nitrogens with zero attached hydrogens (tertiary/aromatic N) is 4. The van der Waals surface area contributed by atoms with Crippen LogP contribution in [0, 0.1) is 5.92 Å². The summed E-state index contributed by atoms with van der Waals surface area (Å²) in [6.45, 7) is 2.64. The van der Waals surface area contributed by atoms with Gasteiger partial charge in [-0.25, -0.2) is 9.78 Å². The Morgan fingerprint density at radius 1 is 1.42 bits per heavy atom. The van der Waals surface area contributed by atoms with Crippen molar-refractivity contribution in [3.05, 3.63) is 42.7 Å². The predicted octanol–water partition coefficient (Wildman–Crippen LogP) is 1.38. The van der Waals surface area contributed by atoms with Crippen LogP contribution in [0.1, 0.15) is 24.8 Å². The summed E-state index contributed by atoms with van der Waals surface area (Å²) >= 11 is 0. The van der Waals surface area contributed by atoms with Gasteiger partial charge >= 0.3 is 6.03 Å². The lowest BCUT2D eigenvalue weighted by Crippen LogP contribution is -2.47. The Balaban J connectivity index is 1.51. The number of piperidine rings is 1. The lowest BCUT2D eigenvalue weighted by atomic mass is 9.92. The van der Waals surface area contributed by atoms with Crippen LogP contribution in [0.25, 0.3) is 0 Å². The highest BCUT2D eigenvalue weighted by molar-refractivity contribution is 5.74. The SMILES string of the molecule is Cn1ccnc1C(O)C1CCCN(C(=O)NCCn2cccc2)C1. The van der Waals surface area contributed by atoms with Crippen LogP contribution < -0.4 is 5.32 Å². The third-order valence-corrected chi connectivity index (χ3v) is 4.63. The molecule has 3 rings (SSSR count). The molecule has 0 spiro atoms. The fourth-order valence-corrected chi connectivity index (χ4v) is 3.25. The molecule has 2 N–H and O–H groups in total. The summed E-state index contributed by atoms with van der Waals surface area (Å²) in [5, 5.41) is 13.5. The van der Waals surface area contributed by atoms with Gasteiger partial charge in [-0.3, -0.25) is 0 Å². The topological polar surface area (TPSA) is 75.3 Å². The number of rotatable bonds is 5. The molecule has 2 atom stereocenters. The Labute approximate surface area is 141 Å². The van der Waals surface area contributed by atoms with Crippen molar-refractivity contribution in [3.8, 4) is 0 Å². The van der Waals surface area contributed by atoms with Crippen LogP contribution in [0.15, 0.2) is 36.9 Å². The Morgan fingerprint density at radius 3 is 2.92 bits per heavy atom. The molecule has 7 heteroatoms. The molecule has 2 aromatic heterocycles. The van der Waals surface area contributed by atoms with E-state index in [0.29, 0.717) is 18.9 Å². The quantitative estimate of drug-likeness (QED) is 0.869. The summed E-state index contributed by atoms with van der Waals surface area (Å²) in [7, 11) is 1.88. The molecule has 130 valence electrons. The number of nitrogens with one attached hydrogen (secondary N) is 1. The van der Waals surface area contributed by atoms with E-state index in [-0.39, 0.29) is 11.9 Å². The highest BCUT2D eigenvalue weighted by atomic mass is 16.3. The highest BCUT2D eigenvalue weighted by Gasteiger charge is 2.30. The van der Waals surface area contributed by atoms with Gasteiger partial charge in [0.15, 0.2) is 0 Å². The number of aromatic nitrogens is 3. The zero-order chi connectivity index (χ0) is 16.9. The third kappa shape index (κ3) is 3.79. The Hall–Kier alpha value is -2.28. The summed E-state index contributed by atoms with van der Waals surface area (Å²) in [4.78, 5) is 18.4. The average molecular weight is 331 g/mol. The number of carbonyl (C=O) groups is 1. The van der Waals surface area contributed by atoms with Gasteiger partial charge in [0.05, 0.1) is 0 Å². The van der Waals surface area contributed by atoms with Crippen molar-refractivity contribution in [1.82, 2.24) is 24.3 Å². The van der Waals surface area contributed by atoms with Crippen LogP contribution in [0.4, 0.5) is 4.79 Å². The van der Waals surface area contributed by atoms with E-state index in [2.05, 4.69) is 10.3 Å². The number of imidazole rings is 1. The zero-order valence-electron chi connectivity index (χ0n) is 14.0. The number of likely N-dealkylation sites (tertiary alicyclic amines) is 1. The van der Waals surface area contributed by atoms with Crippen molar-refractivity contribution in [2.75, 3.05) is 19.6 Å². The molecule has 2 unspecified atom stereocenters. The predicted molar refractivity (Wildman–Crippen MR) is 90.3 cm³/mol. The van der Waals surface area contributed by atoms with Crippen molar-refractivity contribution >= 4 is 6.03 Å². The summed E-state index contributed by atoms with van der Waals surface area (Å²) < 4.78 is 3.87. The van der Waals surface area contributed by atoms with E-state index in [4.69, 9.17) is 0 Å². The highest BCUT2D eigenvalue weighted by Crippen LogP contribution is 2.28. The molecular weight excluding hydrogens is 306 g/mol. The second-order valence-electron chi connectivity index (χ2n) is 6.34. The van der Waals surface area contributed by atoms with Crippen molar-refractivity contribution in [2.45, 2.75) is 25.5 Å². The number of amides is 2. The van der Waals surface area contributed by atoms with Crippen molar-refractivity contribution in [3.63, 3.8) is 0 Å². The van der Waals surface area contributed by atoms with Gasteiger partial charge in [0.25, 0.3) is 0 Å². The summed E-state index contributed by atoms with van der Waals surface area (Å²) in [6.07, 6.45) is 8.64. The maximum absolute atomic E-state index is 12.4. The van der Waals surface area contributed by atoms with Crippen LogP contribution in [0.3, 0.4) is 0 Å². The van der Waals surface area contributed by atoms with E-state index in [1.54, 1.807) is 11.1 Å². The molecule has 0 aliphatic carbocycles. The molecule has 1 aliphatic heterocycles. The molecule has 0 bridgehead atoms. The van der Waals surface area contributed by atoms with Gasteiger partial charge < -0.3 is 24.5 Å². The zero-order valence-corrected chi connectivity index (χ0v) is 14.0. The molecule has 3 heterocycles. The van der Waals surface area contributed by atoms with Gasteiger partial charge in [-0.2, -0.15) is 0 Å². The normalized spacial score (nSPS) is 19.2. The number of aliphatic hydroxyl groups excluding tert-OH is 1. The fourth-order valence-electron chi connectivity index (χ4n) is 3.25. The van der Waals surface area contributed by atoms with Crippen LogP contribution >= 0.6 is 0 Å². The van der Waals surface area contributed by atoms with Gasteiger partial charge in [0.2, 0.25) is 0 Å². The standard InChI is InChI=1S/C17H25N5O2/c1-20-11-6-18-16(20)15(23)14-5-4-10-22(13-14)17(24)19-7-12-21-8-2-3-9-21/h2-3,6,8-9,11,14-15,23H,4-5,7,10,12-13H2,1H3,(H,19,24). The smallest absolute Gasteiger partial charge is 0.317 e. The van der Waals surface area contributed by atoms with Gasteiger partial charge in [-0.05, 0) is 25.0 Å². The molecular formula is C17H25N5O2. The van der Waals surface area contributed by atoms with Crippen LogP contribution in [0.2, 0.25) is 0 Å². The van der Waals surface area contributed by atoms with Crippen molar-refractivity contribution in [1.29, 1.82) is 0 Å². The van der Waals surface area contributed by atoms with Crippen LogP contribution in [-0.4, -0.2) is 49.8 Å². The Kier molecular flexibility index (Phi) is 5.20. The first kappa shape index (κ1) is 16.6. The van der Waals surface area contributed by atoms with E-state index < -0.39 is 6.10 Å². The first-order chi connectivity index (χ1) is 11.6. The molecule has 1 fully saturated rings. The van der Waals surface area contributed by atoms with E-state index in [1.165, 1.54) is 0 Å². The molecule has 2 aromatic rings. The second-order valence-corrected chi connectivity index (χ2v) is 6.34. The molecule has 24 heavy (non-hydrogen) atoms. The molecule has 0 saturated carbocycles. The minimum absolute atomic E-state index is 0.0232. The van der Waals surface area contributed by atoms with E-state index in [0.717, 1.165) is 25.9 Å². The molecule has 1 aliphatic rings. The first-order valence-corrected chi connectivity index (χ1v) is 8.44.